The van der Waals surface area contributed by atoms with Crippen LogP contribution >= 0.6 is 0 Å². The van der Waals surface area contributed by atoms with Gasteiger partial charge in [-0.25, -0.2) is 4.39 Å². The van der Waals surface area contributed by atoms with Crippen molar-refractivity contribution in [1.29, 1.82) is 0 Å². The Morgan fingerprint density at radius 2 is 1.53 bits per heavy atom. The monoisotopic (exact) mass is 460 g/mol. The van der Waals surface area contributed by atoms with Crippen molar-refractivity contribution in [2.45, 2.75) is 44.4 Å². The van der Waals surface area contributed by atoms with Gasteiger partial charge < -0.3 is 0 Å². The van der Waals surface area contributed by atoms with Crippen LogP contribution in [0.2, 0.25) is 0 Å². The van der Waals surface area contributed by atoms with E-state index in [1.807, 2.05) is 18.2 Å². The van der Waals surface area contributed by atoms with E-state index in [0.717, 1.165) is 60.9 Å². The van der Waals surface area contributed by atoms with Gasteiger partial charge in [-0.3, -0.25) is 0 Å². The molecule has 0 N–H and O–H groups in total. The summed E-state index contributed by atoms with van der Waals surface area (Å²) in [6, 6.07) is 15.3. The van der Waals surface area contributed by atoms with E-state index in [0.29, 0.717) is 5.56 Å². The van der Waals surface area contributed by atoms with Crippen molar-refractivity contribution in [3.8, 4) is 28.0 Å². The Morgan fingerprint density at radius 1 is 0.853 bits per heavy atom. The fraction of sp³-hybridized carbons (Fsp3) is 0.276. The molecule has 0 spiro atoms. The second-order valence-corrected chi connectivity index (χ2v) is 8.92. The van der Waals surface area contributed by atoms with Crippen molar-refractivity contribution >= 4 is 13.6 Å². The van der Waals surface area contributed by atoms with E-state index >= 15 is 4.39 Å². The Balaban J connectivity index is 1.49. The van der Waals surface area contributed by atoms with Crippen LogP contribution in [0.15, 0.2) is 67.3 Å². The molecule has 1 saturated carbocycles. The molecule has 0 aromatic heterocycles. The second kappa shape index (κ2) is 10.9. The number of benzene rings is 3. The van der Waals surface area contributed by atoms with Gasteiger partial charge >= 0.3 is 115 Å². The summed E-state index contributed by atoms with van der Waals surface area (Å²) in [4.78, 5) is 0. The first-order chi connectivity index (χ1) is 16.5. The standard InChI is InChI=1S/C29H28BF3O/c1-2-3-4-19-5-7-21(8-6-19)24-14-13-23(17-26(24)31)20-9-11-22(12-10-20)25-15-16-27(34-18-30)29(33)28(25)32/h2,9-19,21,30H,1,3-8H2. The van der Waals surface area contributed by atoms with Gasteiger partial charge in [-0.15, -0.1) is 6.58 Å². The van der Waals surface area contributed by atoms with Crippen LogP contribution in [0.4, 0.5) is 13.2 Å². The van der Waals surface area contributed by atoms with Gasteiger partial charge in [0.2, 0.25) is 0 Å². The molecule has 1 aliphatic carbocycles. The van der Waals surface area contributed by atoms with Crippen molar-refractivity contribution in [2.75, 3.05) is 0 Å². The molecular formula is C29H28BF3O. The molecule has 34 heavy (non-hydrogen) atoms. The molecule has 4 rings (SSSR count). The number of halogens is 3. The first-order valence-corrected chi connectivity index (χ1v) is 11.8. The summed E-state index contributed by atoms with van der Waals surface area (Å²) < 4.78 is 48.6. The fourth-order valence-electron chi connectivity index (χ4n) is 4.93. The number of allylic oxidation sites excluding steroid dienone is 1. The van der Waals surface area contributed by atoms with Gasteiger partial charge in [-0.2, -0.15) is 0 Å². The molecular weight excluding hydrogens is 432 g/mol. The van der Waals surface area contributed by atoms with E-state index < -0.39 is 11.6 Å². The normalized spacial score (nSPS) is 17.8. The Kier molecular flexibility index (Phi) is 7.71. The molecule has 0 saturated heterocycles. The molecule has 0 aliphatic heterocycles. The second-order valence-electron chi connectivity index (χ2n) is 8.92. The molecule has 0 bridgehead atoms. The summed E-state index contributed by atoms with van der Waals surface area (Å²) in [6.45, 7) is 3.80. The zero-order chi connectivity index (χ0) is 24.1. The quantitative estimate of drug-likeness (QED) is 0.247. The number of hydrogen-bond acceptors (Lipinski definition) is 1. The fourth-order valence-corrected chi connectivity index (χ4v) is 4.93. The molecule has 0 radical (unpaired) electrons. The third-order valence-corrected chi connectivity index (χ3v) is 6.85. The molecule has 3 aromatic carbocycles. The number of ether oxygens (including phenoxy) is 1. The Labute approximate surface area is 200 Å². The third kappa shape index (κ3) is 5.19. The van der Waals surface area contributed by atoms with Gasteiger partial charge in [0.25, 0.3) is 0 Å². The van der Waals surface area contributed by atoms with Crippen LogP contribution in [0.25, 0.3) is 22.3 Å². The summed E-state index contributed by atoms with van der Waals surface area (Å²) in [5.74, 6) is -1.45. The predicted octanol–water partition coefficient (Wildman–Crippen LogP) is 7.72. The van der Waals surface area contributed by atoms with Crippen LogP contribution < -0.4 is 4.74 Å². The van der Waals surface area contributed by atoms with Crippen LogP contribution in [-0.2, 0) is 0 Å². The average Bonchev–Trinajstić information content (AvgIpc) is 2.86. The molecule has 5 heteroatoms. The van der Waals surface area contributed by atoms with Gasteiger partial charge in [0.15, 0.2) is 0 Å². The molecule has 1 fully saturated rings. The minimum absolute atomic E-state index is 0.130. The van der Waals surface area contributed by atoms with Crippen LogP contribution in [0, 0.1) is 23.4 Å². The van der Waals surface area contributed by atoms with E-state index in [1.54, 1.807) is 30.3 Å². The van der Waals surface area contributed by atoms with Crippen molar-refractivity contribution in [3.63, 3.8) is 0 Å². The number of hydrogen-bond donors (Lipinski definition) is 0. The van der Waals surface area contributed by atoms with Crippen LogP contribution in [-0.4, -0.2) is 13.6 Å². The number of rotatable bonds is 8. The Bertz CT molecular complexity index is 1160. The summed E-state index contributed by atoms with van der Waals surface area (Å²) in [5, 5.41) is 0. The van der Waals surface area contributed by atoms with Crippen molar-refractivity contribution in [2.24, 2.45) is 5.92 Å². The van der Waals surface area contributed by atoms with Gasteiger partial charge in [0.05, 0.1) is 0 Å². The van der Waals surface area contributed by atoms with Crippen molar-refractivity contribution in [1.82, 2.24) is 0 Å². The van der Waals surface area contributed by atoms with Crippen molar-refractivity contribution in [3.05, 3.63) is 90.3 Å². The average molecular weight is 460 g/mol. The van der Waals surface area contributed by atoms with Gasteiger partial charge in [-0.05, 0) is 55.9 Å². The molecule has 0 heterocycles. The third-order valence-electron chi connectivity index (χ3n) is 6.85. The maximum absolute atomic E-state index is 15.0. The molecule has 3 aromatic rings. The SMILES string of the molecule is B=COc1ccc(-c2ccc(-c3ccc(C4CCC(CCC=C)CC4)c(F)c3)cc2)c(F)c1F. The van der Waals surface area contributed by atoms with Crippen LogP contribution in [0.5, 0.6) is 5.75 Å². The molecule has 0 unspecified atom stereocenters. The summed E-state index contributed by atoms with van der Waals surface area (Å²) in [6.07, 6.45) is 9.56. The molecule has 0 atom stereocenters. The maximum atomic E-state index is 15.0. The molecule has 174 valence electrons. The summed E-state index contributed by atoms with van der Waals surface area (Å²) >= 11 is 0. The van der Waals surface area contributed by atoms with Crippen LogP contribution in [0.1, 0.15) is 50.0 Å². The van der Waals surface area contributed by atoms with E-state index in [2.05, 4.69) is 14.1 Å². The summed E-state index contributed by atoms with van der Waals surface area (Å²) in [5.41, 5.74) is 3.02. The topological polar surface area (TPSA) is 9.23 Å². The first kappa shape index (κ1) is 24.1. The molecule has 1 aliphatic rings. The van der Waals surface area contributed by atoms with E-state index in [9.17, 15) is 8.78 Å². The first-order valence-electron chi connectivity index (χ1n) is 11.8. The summed E-state index contributed by atoms with van der Waals surface area (Å²) in [7, 11) is 3.36. The van der Waals surface area contributed by atoms with Crippen LogP contribution in [0.3, 0.4) is 0 Å². The zero-order valence-electron chi connectivity index (χ0n) is 19.2. The van der Waals surface area contributed by atoms with Gasteiger partial charge in [-0.1, -0.05) is 12.1 Å². The van der Waals surface area contributed by atoms with E-state index in [-0.39, 0.29) is 23.0 Å². The van der Waals surface area contributed by atoms with E-state index in [1.165, 1.54) is 18.6 Å². The van der Waals surface area contributed by atoms with E-state index in [4.69, 9.17) is 4.74 Å². The zero-order valence-corrected chi connectivity index (χ0v) is 19.2. The van der Waals surface area contributed by atoms with Gasteiger partial charge in [0.1, 0.15) is 5.82 Å². The Hall–Kier alpha value is -3.08. The minimum atomic E-state index is -1.06. The molecule has 0 amide bonds. The molecule has 1 nitrogen and oxygen atoms in total. The van der Waals surface area contributed by atoms with Crippen molar-refractivity contribution < 1.29 is 17.9 Å². The Morgan fingerprint density at radius 3 is 2.18 bits per heavy atom. The predicted molar refractivity (Wildman–Crippen MR) is 135 cm³/mol. The van der Waals surface area contributed by atoms with Gasteiger partial charge in [0, 0.05) is 0 Å².